The molecule has 4 heteroatoms. The van der Waals surface area contributed by atoms with Crippen LogP contribution < -0.4 is 14.8 Å². The van der Waals surface area contributed by atoms with Crippen molar-refractivity contribution in [2.45, 2.75) is 38.2 Å². The summed E-state index contributed by atoms with van der Waals surface area (Å²) in [5, 5.41) is 3.28. The number of fused-ring (bicyclic) bond motifs is 1. The predicted molar refractivity (Wildman–Crippen MR) is 76.6 cm³/mol. The molecule has 1 N–H and O–H groups in total. The average Bonchev–Trinajstić information content (AvgIpc) is 2.87. The number of ether oxygens (including phenoxy) is 2. The lowest BCUT2D eigenvalue weighted by Crippen LogP contribution is -2.43. The molecule has 1 atom stereocenters. The molecule has 3 rings (SSSR count). The number of benzene rings is 1. The minimum absolute atomic E-state index is 0.163. The van der Waals surface area contributed by atoms with Crippen molar-refractivity contribution in [3.63, 3.8) is 0 Å². The van der Waals surface area contributed by atoms with E-state index in [1.165, 1.54) is 0 Å². The van der Waals surface area contributed by atoms with Crippen molar-refractivity contribution in [3.8, 4) is 11.5 Å². The quantitative estimate of drug-likeness (QED) is 0.858. The van der Waals surface area contributed by atoms with Crippen LogP contribution in [0.15, 0.2) is 18.2 Å². The van der Waals surface area contributed by atoms with Crippen molar-refractivity contribution in [2.24, 2.45) is 0 Å². The molecule has 4 nitrogen and oxygen atoms in total. The van der Waals surface area contributed by atoms with E-state index in [1.807, 2.05) is 18.2 Å². The molecule has 0 aromatic heterocycles. The highest BCUT2D eigenvalue weighted by atomic mass is 16.5. The molecule has 0 aliphatic carbocycles. The van der Waals surface area contributed by atoms with Gasteiger partial charge in [0.05, 0.1) is 18.6 Å². The van der Waals surface area contributed by atoms with Crippen LogP contribution in [-0.4, -0.2) is 31.1 Å². The van der Waals surface area contributed by atoms with E-state index in [4.69, 9.17) is 9.47 Å². The summed E-state index contributed by atoms with van der Waals surface area (Å²) in [6, 6.07) is 5.58. The number of Topliss-reactive ketones (excluding diaryl/α,β-unsaturated/α-hetero) is 1. The van der Waals surface area contributed by atoms with Crippen LogP contribution in [0.2, 0.25) is 0 Å². The first-order chi connectivity index (χ1) is 9.72. The number of rotatable bonds is 4. The van der Waals surface area contributed by atoms with Crippen molar-refractivity contribution in [1.29, 1.82) is 0 Å². The second-order valence-corrected chi connectivity index (χ2v) is 5.67. The Morgan fingerprint density at radius 3 is 3.10 bits per heavy atom. The molecule has 1 spiro atoms. The predicted octanol–water partition coefficient (Wildman–Crippen LogP) is 2.56. The van der Waals surface area contributed by atoms with Crippen LogP contribution >= 0.6 is 0 Å². The van der Waals surface area contributed by atoms with Gasteiger partial charge >= 0.3 is 0 Å². The first kappa shape index (κ1) is 13.4. The van der Waals surface area contributed by atoms with E-state index in [0.29, 0.717) is 24.3 Å². The molecular formula is C16H21NO3. The van der Waals surface area contributed by atoms with Gasteiger partial charge < -0.3 is 14.8 Å². The molecule has 0 radical (unpaired) electrons. The van der Waals surface area contributed by atoms with Gasteiger partial charge in [-0.2, -0.15) is 0 Å². The maximum absolute atomic E-state index is 12.4. The van der Waals surface area contributed by atoms with Gasteiger partial charge in [-0.25, -0.2) is 0 Å². The van der Waals surface area contributed by atoms with E-state index in [9.17, 15) is 4.79 Å². The van der Waals surface area contributed by atoms with Crippen LogP contribution in [0, 0.1) is 0 Å². The first-order valence-corrected chi connectivity index (χ1v) is 7.42. The van der Waals surface area contributed by atoms with Crippen LogP contribution in [0.4, 0.5) is 0 Å². The van der Waals surface area contributed by atoms with Crippen molar-refractivity contribution in [3.05, 3.63) is 23.8 Å². The molecule has 20 heavy (non-hydrogen) atoms. The summed E-state index contributed by atoms with van der Waals surface area (Å²) in [7, 11) is 0. The van der Waals surface area contributed by atoms with Crippen LogP contribution in [-0.2, 0) is 0 Å². The van der Waals surface area contributed by atoms with Crippen LogP contribution in [0.1, 0.15) is 43.0 Å². The second-order valence-electron chi connectivity index (χ2n) is 5.67. The Hall–Kier alpha value is -1.55. The number of nitrogens with one attached hydrogen (secondary N) is 1. The summed E-state index contributed by atoms with van der Waals surface area (Å²) >= 11 is 0. The monoisotopic (exact) mass is 275 g/mol. The lowest BCUT2D eigenvalue weighted by atomic mass is 9.89. The van der Waals surface area contributed by atoms with E-state index in [1.54, 1.807) is 0 Å². The average molecular weight is 275 g/mol. The van der Waals surface area contributed by atoms with Crippen LogP contribution in [0.25, 0.3) is 0 Å². The molecular weight excluding hydrogens is 254 g/mol. The Morgan fingerprint density at radius 1 is 1.45 bits per heavy atom. The smallest absolute Gasteiger partial charge is 0.170 e. The third-order valence-corrected chi connectivity index (χ3v) is 4.03. The summed E-state index contributed by atoms with van der Waals surface area (Å²) in [5.74, 6) is 1.62. The normalized spacial score (nSPS) is 24.6. The number of carbonyl (C=O) groups is 1. The van der Waals surface area contributed by atoms with Crippen LogP contribution in [0.5, 0.6) is 11.5 Å². The lowest BCUT2D eigenvalue weighted by molar-refractivity contribution is 0.0527. The molecule has 1 aromatic rings. The van der Waals surface area contributed by atoms with Gasteiger partial charge in [0.15, 0.2) is 5.78 Å². The number of unbranched alkanes of at least 4 members (excludes halogenated alkanes) is 1. The Kier molecular flexibility index (Phi) is 3.66. The molecule has 1 fully saturated rings. The third kappa shape index (κ3) is 2.52. The van der Waals surface area contributed by atoms with E-state index in [-0.39, 0.29) is 11.4 Å². The number of ketones is 1. The van der Waals surface area contributed by atoms with Gasteiger partial charge in [0.1, 0.15) is 17.1 Å². The molecule has 1 unspecified atom stereocenters. The van der Waals surface area contributed by atoms with E-state index >= 15 is 0 Å². The second kappa shape index (κ2) is 5.44. The van der Waals surface area contributed by atoms with Crippen molar-refractivity contribution in [1.82, 2.24) is 5.32 Å². The SMILES string of the molecule is CCCCOc1ccc2c(c1)C(=O)CC1(CCNC1)O2. The zero-order valence-corrected chi connectivity index (χ0v) is 11.9. The zero-order valence-electron chi connectivity index (χ0n) is 11.9. The Bertz CT molecular complexity index is 506. The molecule has 2 heterocycles. The summed E-state index contributed by atoms with van der Waals surface area (Å²) in [5.41, 5.74) is 0.339. The third-order valence-electron chi connectivity index (χ3n) is 4.03. The maximum Gasteiger partial charge on any atom is 0.170 e. The maximum atomic E-state index is 12.4. The fourth-order valence-corrected chi connectivity index (χ4v) is 2.86. The van der Waals surface area contributed by atoms with Gasteiger partial charge in [-0.15, -0.1) is 0 Å². The molecule has 2 aliphatic heterocycles. The molecule has 108 valence electrons. The van der Waals surface area contributed by atoms with Gasteiger partial charge in [0.2, 0.25) is 0 Å². The highest BCUT2D eigenvalue weighted by molar-refractivity contribution is 6.00. The summed E-state index contributed by atoms with van der Waals surface area (Å²) in [6.07, 6.45) is 3.48. The van der Waals surface area contributed by atoms with Gasteiger partial charge in [-0.3, -0.25) is 4.79 Å². The Labute approximate surface area is 119 Å². The standard InChI is InChI=1S/C16H21NO3/c1-2-3-8-19-12-4-5-15-13(9-12)14(18)10-16(20-15)6-7-17-11-16/h4-5,9,17H,2-3,6-8,10-11H2,1H3. The summed E-state index contributed by atoms with van der Waals surface area (Å²) < 4.78 is 11.8. The van der Waals surface area contributed by atoms with Crippen molar-refractivity contribution >= 4 is 5.78 Å². The fourth-order valence-electron chi connectivity index (χ4n) is 2.86. The van der Waals surface area contributed by atoms with E-state index < -0.39 is 0 Å². The summed E-state index contributed by atoms with van der Waals surface area (Å²) in [6.45, 7) is 4.49. The van der Waals surface area contributed by atoms with E-state index in [2.05, 4.69) is 12.2 Å². The number of carbonyl (C=O) groups excluding carboxylic acids is 1. The molecule has 2 aliphatic rings. The first-order valence-electron chi connectivity index (χ1n) is 7.42. The van der Waals surface area contributed by atoms with Gasteiger partial charge in [0, 0.05) is 13.0 Å². The lowest BCUT2D eigenvalue weighted by Gasteiger charge is -2.34. The molecule has 0 amide bonds. The largest absolute Gasteiger partial charge is 0.494 e. The van der Waals surface area contributed by atoms with Gasteiger partial charge in [0.25, 0.3) is 0 Å². The van der Waals surface area contributed by atoms with Crippen molar-refractivity contribution < 1.29 is 14.3 Å². The van der Waals surface area contributed by atoms with Gasteiger partial charge in [-0.1, -0.05) is 13.3 Å². The molecule has 1 saturated heterocycles. The van der Waals surface area contributed by atoms with Crippen LogP contribution in [0.3, 0.4) is 0 Å². The number of hydrogen-bond donors (Lipinski definition) is 1. The molecule has 1 aromatic carbocycles. The highest BCUT2D eigenvalue weighted by Gasteiger charge is 2.42. The minimum atomic E-state index is -0.325. The Balaban J connectivity index is 1.78. The molecule has 0 bridgehead atoms. The fraction of sp³-hybridized carbons (Fsp3) is 0.562. The zero-order chi connectivity index (χ0) is 14.0. The highest BCUT2D eigenvalue weighted by Crippen LogP contribution is 2.38. The number of hydrogen-bond acceptors (Lipinski definition) is 4. The Morgan fingerprint density at radius 2 is 2.35 bits per heavy atom. The minimum Gasteiger partial charge on any atom is -0.494 e. The summed E-state index contributed by atoms with van der Waals surface area (Å²) in [4.78, 5) is 12.4. The molecule has 0 saturated carbocycles. The van der Waals surface area contributed by atoms with E-state index in [0.717, 1.165) is 38.1 Å². The van der Waals surface area contributed by atoms with Gasteiger partial charge in [-0.05, 0) is 31.2 Å². The topological polar surface area (TPSA) is 47.6 Å². The van der Waals surface area contributed by atoms with Crippen molar-refractivity contribution in [2.75, 3.05) is 19.7 Å².